The number of rotatable bonds is 6. The summed E-state index contributed by atoms with van der Waals surface area (Å²) in [5.41, 5.74) is 2.88. The summed E-state index contributed by atoms with van der Waals surface area (Å²) in [4.78, 5) is 24.5. The van der Waals surface area contributed by atoms with Gasteiger partial charge in [0.2, 0.25) is 0 Å². The minimum atomic E-state index is -0.688. The molecular formula is C22H16Cl2N2O6. The summed E-state index contributed by atoms with van der Waals surface area (Å²) in [6, 6.07) is 12.6. The van der Waals surface area contributed by atoms with Gasteiger partial charge in [-0.2, -0.15) is 5.10 Å². The molecule has 0 aromatic heterocycles. The zero-order valence-electron chi connectivity index (χ0n) is 16.5. The van der Waals surface area contributed by atoms with Crippen LogP contribution in [0.15, 0.2) is 59.7 Å². The second-order valence-electron chi connectivity index (χ2n) is 6.32. The van der Waals surface area contributed by atoms with Crippen molar-refractivity contribution in [3.05, 3.63) is 81.3 Å². The molecule has 0 spiro atoms. The average molecular weight is 475 g/mol. The maximum absolute atomic E-state index is 12.4. The van der Waals surface area contributed by atoms with Crippen molar-refractivity contribution in [3.8, 4) is 23.0 Å². The van der Waals surface area contributed by atoms with Gasteiger partial charge in [0.1, 0.15) is 11.5 Å². The van der Waals surface area contributed by atoms with Gasteiger partial charge in [0, 0.05) is 11.1 Å². The Morgan fingerprint density at radius 3 is 2.41 bits per heavy atom. The topological polar surface area (TPSA) is 117 Å². The number of nitrogens with zero attached hydrogens (tertiary/aromatic N) is 1. The first-order chi connectivity index (χ1) is 15.3. The number of amides is 1. The molecule has 0 fully saturated rings. The summed E-state index contributed by atoms with van der Waals surface area (Å²) >= 11 is 11.9. The Kier molecular flexibility index (Phi) is 7.19. The molecule has 8 nitrogen and oxygen atoms in total. The maximum atomic E-state index is 12.4. The molecule has 1 amide bonds. The second kappa shape index (κ2) is 10.0. The van der Waals surface area contributed by atoms with E-state index in [4.69, 9.17) is 32.7 Å². The molecule has 0 saturated carbocycles. The van der Waals surface area contributed by atoms with E-state index in [0.29, 0.717) is 10.6 Å². The van der Waals surface area contributed by atoms with Gasteiger partial charge in [0.05, 0.1) is 29.5 Å². The number of phenols is 2. The fourth-order valence-electron chi connectivity index (χ4n) is 2.60. The summed E-state index contributed by atoms with van der Waals surface area (Å²) in [5, 5.41) is 23.4. The Morgan fingerprint density at radius 1 is 0.969 bits per heavy atom. The molecule has 0 saturated heterocycles. The fraction of sp³-hybridized carbons (Fsp3) is 0.0455. The molecule has 0 radical (unpaired) electrons. The highest BCUT2D eigenvalue weighted by molar-refractivity contribution is 6.36. The van der Waals surface area contributed by atoms with Crippen molar-refractivity contribution in [1.82, 2.24) is 5.43 Å². The first-order valence-electron chi connectivity index (χ1n) is 8.99. The maximum Gasteiger partial charge on any atom is 0.345 e. The number of nitrogens with one attached hydrogen (secondary N) is 1. The predicted octanol–water partition coefficient (Wildman–Crippen LogP) is 4.40. The normalized spacial score (nSPS) is 10.7. The minimum Gasteiger partial charge on any atom is -0.508 e. The van der Waals surface area contributed by atoms with Gasteiger partial charge in [0.15, 0.2) is 11.5 Å². The number of esters is 1. The number of hydrogen-bond acceptors (Lipinski definition) is 7. The zero-order valence-corrected chi connectivity index (χ0v) is 18.0. The molecule has 164 valence electrons. The highest BCUT2D eigenvalue weighted by Gasteiger charge is 2.16. The predicted molar refractivity (Wildman–Crippen MR) is 119 cm³/mol. The van der Waals surface area contributed by atoms with Crippen molar-refractivity contribution in [2.75, 3.05) is 7.11 Å². The molecule has 0 aliphatic rings. The van der Waals surface area contributed by atoms with Crippen LogP contribution in [0.2, 0.25) is 10.0 Å². The number of hydrogen-bond donors (Lipinski definition) is 3. The standard InChI is InChI=1S/C22H16Cl2N2O6/c1-31-20-8-12(11-25-26-21(29)16-6-4-14(27)10-18(16)28)2-7-19(20)32-22(30)15-5-3-13(23)9-17(15)24/h2-11,27-28H,1H3,(H,26,29)/b25-11-. The number of aromatic hydroxyl groups is 2. The van der Waals surface area contributed by atoms with Gasteiger partial charge in [-0.15, -0.1) is 0 Å². The lowest BCUT2D eigenvalue weighted by Crippen LogP contribution is -2.17. The molecule has 3 aromatic carbocycles. The van der Waals surface area contributed by atoms with Crippen LogP contribution in [0.3, 0.4) is 0 Å². The Hall–Kier alpha value is -3.75. The summed E-state index contributed by atoms with van der Waals surface area (Å²) in [6.07, 6.45) is 1.33. The molecule has 0 aliphatic carbocycles. The summed E-state index contributed by atoms with van der Waals surface area (Å²) in [7, 11) is 1.40. The van der Waals surface area contributed by atoms with Gasteiger partial charge in [-0.25, -0.2) is 10.2 Å². The van der Waals surface area contributed by atoms with Crippen LogP contribution in [0.1, 0.15) is 26.3 Å². The monoisotopic (exact) mass is 474 g/mol. The van der Waals surface area contributed by atoms with Gasteiger partial charge < -0.3 is 19.7 Å². The van der Waals surface area contributed by atoms with Crippen molar-refractivity contribution in [1.29, 1.82) is 0 Å². The van der Waals surface area contributed by atoms with Crippen LogP contribution >= 0.6 is 23.2 Å². The summed E-state index contributed by atoms with van der Waals surface area (Å²) in [6.45, 7) is 0. The number of carbonyl (C=O) groups is 2. The number of halogens is 2. The Bertz CT molecular complexity index is 1210. The first-order valence-corrected chi connectivity index (χ1v) is 9.74. The van der Waals surface area contributed by atoms with Crippen LogP contribution < -0.4 is 14.9 Å². The number of phenolic OH excluding ortho intramolecular Hbond substituents is 2. The SMILES string of the molecule is COc1cc(/C=N\NC(=O)c2ccc(O)cc2O)ccc1OC(=O)c1ccc(Cl)cc1Cl. The zero-order chi connectivity index (χ0) is 23.3. The van der Waals surface area contributed by atoms with Gasteiger partial charge >= 0.3 is 5.97 Å². The third-order valence-electron chi connectivity index (χ3n) is 4.15. The molecule has 3 rings (SSSR count). The van der Waals surface area contributed by atoms with E-state index >= 15 is 0 Å². The first kappa shape index (κ1) is 22.9. The number of carbonyl (C=O) groups excluding carboxylic acids is 2. The van der Waals surface area contributed by atoms with Gasteiger partial charge in [-0.3, -0.25) is 4.79 Å². The largest absolute Gasteiger partial charge is 0.508 e. The van der Waals surface area contributed by atoms with E-state index in [9.17, 15) is 19.8 Å². The highest BCUT2D eigenvalue weighted by atomic mass is 35.5. The molecule has 0 bridgehead atoms. The lowest BCUT2D eigenvalue weighted by atomic mass is 10.2. The fourth-order valence-corrected chi connectivity index (χ4v) is 3.08. The van der Waals surface area contributed by atoms with Gasteiger partial charge in [0.25, 0.3) is 5.91 Å². The second-order valence-corrected chi connectivity index (χ2v) is 7.17. The molecule has 0 unspecified atom stereocenters. The number of benzene rings is 3. The van der Waals surface area contributed by atoms with Crippen LogP contribution in [0.5, 0.6) is 23.0 Å². The highest BCUT2D eigenvalue weighted by Crippen LogP contribution is 2.30. The smallest absolute Gasteiger partial charge is 0.345 e. The van der Waals surface area contributed by atoms with E-state index in [1.165, 1.54) is 49.7 Å². The number of hydrazone groups is 1. The van der Waals surface area contributed by atoms with Crippen LogP contribution in [-0.2, 0) is 0 Å². The summed E-state index contributed by atoms with van der Waals surface area (Å²) < 4.78 is 10.6. The van der Waals surface area contributed by atoms with Crippen LogP contribution in [0, 0.1) is 0 Å². The molecular weight excluding hydrogens is 459 g/mol. The van der Waals surface area contributed by atoms with E-state index in [1.807, 2.05) is 0 Å². The van der Waals surface area contributed by atoms with Crippen molar-refractivity contribution in [2.24, 2.45) is 5.10 Å². The van der Waals surface area contributed by atoms with E-state index in [2.05, 4.69) is 10.5 Å². The molecule has 32 heavy (non-hydrogen) atoms. The van der Waals surface area contributed by atoms with Crippen molar-refractivity contribution in [2.45, 2.75) is 0 Å². The molecule has 10 heteroatoms. The number of ether oxygens (including phenoxy) is 2. The van der Waals surface area contributed by atoms with Crippen molar-refractivity contribution >= 4 is 41.3 Å². The molecule has 0 heterocycles. The Morgan fingerprint density at radius 2 is 1.72 bits per heavy atom. The average Bonchev–Trinajstić information content (AvgIpc) is 2.74. The van der Waals surface area contributed by atoms with E-state index in [-0.39, 0.29) is 39.1 Å². The van der Waals surface area contributed by atoms with Crippen LogP contribution in [0.4, 0.5) is 0 Å². The van der Waals surface area contributed by atoms with Gasteiger partial charge in [-0.05, 0) is 54.1 Å². The molecule has 0 aliphatic heterocycles. The molecule has 3 aromatic rings. The van der Waals surface area contributed by atoms with Gasteiger partial charge in [-0.1, -0.05) is 23.2 Å². The van der Waals surface area contributed by atoms with E-state index in [0.717, 1.165) is 6.07 Å². The molecule has 3 N–H and O–H groups in total. The van der Waals surface area contributed by atoms with Crippen molar-refractivity contribution < 1.29 is 29.3 Å². The minimum absolute atomic E-state index is 0.0550. The third-order valence-corrected chi connectivity index (χ3v) is 4.69. The lowest BCUT2D eigenvalue weighted by molar-refractivity contribution is 0.0729. The Labute approximate surface area is 192 Å². The van der Waals surface area contributed by atoms with Crippen LogP contribution in [-0.4, -0.2) is 35.4 Å². The van der Waals surface area contributed by atoms with E-state index in [1.54, 1.807) is 12.1 Å². The molecule has 0 atom stereocenters. The lowest BCUT2D eigenvalue weighted by Gasteiger charge is -2.10. The number of methoxy groups -OCH3 is 1. The van der Waals surface area contributed by atoms with E-state index < -0.39 is 11.9 Å². The third kappa shape index (κ3) is 5.48. The Balaban J connectivity index is 1.70. The van der Waals surface area contributed by atoms with Crippen molar-refractivity contribution in [3.63, 3.8) is 0 Å². The van der Waals surface area contributed by atoms with Crippen LogP contribution in [0.25, 0.3) is 0 Å². The summed E-state index contributed by atoms with van der Waals surface area (Å²) in [5.74, 6) is -1.52. The quantitative estimate of drug-likeness (QED) is 0.211.